The molecule has 2 rings (SSSR count). The molecule has 120 valence electrons. The Morgan fingerprint density at radius 3 is 2.43 bits per heavy atom. The second kappa shape index (κ2) is 6.39. The van der Waals surface area contributed by atoms with Crippen molar-refractivity contribution in [2.45, 2.75) is 60.0 Å². The van der Waals surface area contributed by atoms with Crippen LogP contribution in [0.25, 0.3) is 0 Å². The third kappa shape index (κ3) is 4.54. The molecule has 1 aliphatic heterocycles. The highest BCUT2D eigenvalue weighted by molar-refractivity contribution is 7.07. The molecule has 0 spiro atoms. The molecule has 1 fully saturated rings. The van der Waals surface area contributed by atoms with Gasteiger partial charge in [-0.2, -0.15) is 11.3 Å². The monoisotopic (exact) mass is 308 g/mol. The maximum atomic E-state index is 3.80. The highest BCUT2D eigenvalue weighted by Crippen LogP contribution is 2.30. The van der Waals surface area contributed by atoms with Crippen molar-refractivity contribution < 1.29 is 0 Å². The first-order valence-electron chi connectivity index (χ1n) is 8.16. The van der Waals surface area contributed by atoms with Crippen LogP contribution in [0.5, 0.6) is 0 Å². The molecule has 0 saturated carbocycles. The van der Waals surface area contributed by atoms with Crippen molar-refractivity contribution in [3.63, 3.8) is 0 Å². The number of hydrogen-bond acceptors (Lipinski definition) is 3. The molecule has 2 heterocycles. The predicted molar refractivity (Wildman–Crippen MR) is 94.1 cm³/mol. The molecule has 2 atom stereocenters. The van der Waals surface area contributed by atoms with Crippen molar-refractivity contribution in [3.05, 3.63) is 22.4 Å². The SMILES string of the molecule is CC(C)(C)C1CN(CCc2ccsc2)C(C(C)(C)C)CN1. The summed E-state index contributed by atoms with van der Waals surface area (Å²) in [6.07, 6.45) is 1.17. The van der Waals surface area contributed by atoms with Crippen LogP contribution in [0.1, 0.15) is 47.1 Å². The van der Waals surface area contributed by atoms with Gasteiger partial charge in [0.05, 0.1) is 0 Å². The number of nitrogens with zero attached hydrogens (tertiary/aromatic N) is 1. The van der Waals surface area contributed by atoms with E-state index in [0.29, 0.717) is 22.9 Å². The molecule has 21 heavy (non-hydrogen) atoms. The van der Waals surface area contributed by atoms with Crippen molar-refractivity contribution in [1.29, 1.82) is 0 Å². The van der Waals surface area contributed by atoms with Gasteiger partial charge >= 0.3 is 0 Å². The molecule has 2 nitrogen and oxygen atoms in total. The van der Waals surface area contributed by atoms with E-state index in [1.165, 1.54) is 18.5 Å². The lowest BCUT2D eigenvalue weighted by molar-refractivity contribution is 0.0314. The number of thiophene rings is 1. The maximum absolute atomic E-state index is 3.80. The average Bonchev–Trinajstić information content (AvgIpc) is 2.86. The molecule has 1 aromatic heterocycles. The van der Waals surface area contributed by atoms with Gasteiger partial charge in [-0.15, -0.1) is 0 Å². The van der Waals surface area contributed by atoms with Gasteiger partial charge in [0.1, 0.15) is 0 Å². The van der Waals surface area contributed by atoms with Gasteiger partial charge in [-0.3, -0.25) is 4.90 Å². The summed E-state index contributed by atoms with van der Waals surface area (Å²) in [5.41, 5.74) is 2.13. The second-order valence-corrected chi connectivity index (χ2v) is 9.37. The zero-order chi connectivity index (χ0) is 15.7. The van der Waals surface area contributed by atoms with Gasteiger partial charge in [-0.05, 0) is 39.6 Å². The third-order valence-corrected chi connectivity index (χ3v) is 5.46. The van der Waals surface area contributed by atoms with E-state index in [-0.39, 0.29) is 0 Å². The third-order valence-electron chi connectivity index (χ3n) is 4.73. The van der Waals surface area contributed by atoms with Crippen LogP contribution in [-0.2, 0) is 6.42 Å². The first kappa shape index (κ1) is 17.0. The number of piperazine rings is 1. The lowest BCUT2D eigenvalue weighted by Crippen LogP contribution is -2.63. The highest BCUT2D eigenvalue weighted by Gasteiger charge is 2.38. The zero-order valence-electron chi connectivity index (χ0n) is 14.6. The maximum Gasteiger partial charge on any atom is 0.0269 e. The van der Waals surface area contributed by atoms with Gasteiger partial charge in [0, 0.05) is 31.7 Å². The smallest absolute Gasteiger partial charge is 0.0269 e. The molecule has 1 aromatic rings. The van der Waals surface area contributed by atoms with Crippen molar-refractivity contribution in [3.8, 4) is 0 Å². The predicted octanol–water partition coefficient (Wildman–Crippen LogP) is 4.03. The van der Waals surface area contributed by atoms with E-state index in [1.54, 1.807) is 11.3 Å². The molecular weight excluding hydrogens is 276 g/mol. The van der Waals surface area contributed by atoms with E-state index in [2.05, 4.69) is 68.6 Å². The Kier molecular flexibility index (Phi) is 5.17. The Hall–Kier alpha value is -0.380. The molecule has 2 unspecified atom stereocenters. The van der Waals surface area contributed by atoms with E-state index >= 15 is 0 Å². The van der Waals surface area contributed by atoms with Crippen LogP contribution in [0.3, 0.4) is 0 Å². The Labute approximate surface area is 134 Å². The van der Waals surface area contributed by atoms with E-state index in [0.717, 1.165) is 13.1 Å². The lowest BCUT2D eigenvalue weighted by atomic mass is 9.79. The minimum Gasteiger partial charge on any atom is -0.311 e. The van der Waals surface area contributed by atoms with Crippen LogP contribution in [0.15, 0.2) is 16.8 Å². The van der Waals surface area contributed by atoms with Crippen LogP contribution >= 0.6 is 11.3 Å². The molecule has 0 radical (unpaired) electrons. The summed E-state index contributed by atoms with van der Waals surface area (Å²) in [5.74, 6) is 0. The fraction of sp³-hybridized carbons (Fsp3) is 0.778. The highest BCUT2D eigenvalue weighted by atomic mass is 32.1. The van der Waals surface area contributed by atoms with Gasteiger partial charge in [0.15, 0.2) is 0 Å². The van der Waals surface area contributed by atoms with Gasteiger partial charge in [0.25, 0.3) is 0 Å². The summed E-state index contributed by atoms with van der Waals surface area (Å²) in [4.78, 5) is 2.73. The Morgan fingerprint density at radius 1 is 1.19 bits per heavy atom. The van der Waals surface area contributed by atoms with Crippen LogP contribution in [0.2, 0.25) is 0 Å². The molecule has 1 aliphatic rings. The standard InChI is InChI=1S/C18H32N2S/c1-17(2,3)15-12-20(9-7-14-8-10-21-13-14)16(11-19-15)18(4,5)6/h8,10,13,15-16,19H,7,9,11-12H2,1-6H3. The molecule has 1 N–H and O–H groups in total. The van der Waals surface area contributed by atoms with Gasteiger partial charge in [-0.25, -0.2) is 0 Å². The zero-order valence-corrected chi connectivity index (χ0v) is 15.4. The summed E-state index contributed by atoms with van der Waals surface area (Å²) in [5, 5.41) is 8.27. The average molecular weight is 309 g/mol. The molecule has 0 aromatic carbocycles. The van der Waals surface area contributed by atoms with Crippen LogP contribution in [0, 0.1) is 10.8 Å². The van der Waals surface area contributed by atoms with E-state index in [4.69, 9.17) is 0 Å². The van der Waals surface area contributed by atoms with Crippen molar-refractivity contribution in [2.75, 3.05) is 19.6 Å². The molecule has 0 bridgehead atoms. The normalized spacial score (nSPS) is 25.2. The fourth-order valence-corrected chi connectivity index (χ4v) is 3.90. The summed E-state index contributed by atoms with van der Waals surface area (Å²) in [6, 6.07) is 3.47. The quantitative estimate of drug-likeness (QED) is 0.907. The number of hydrogen-bond donors (Lipinski definition) is 1. The minimum atomic E-state index is 0.323. The second-order valence-electron chi connectivity index (χ2n) is 8.59. The summed E-state index contributed by atoms with van der Waals surface area (Å²) >= 11 is 1.81. The first-order chi connectivity index (χ1) is 9.68. The molecule has 3 heteroatoms. The summed E-state index contributed by atoms with van der Waals surface area (Å²) in [7, 11) is 0. The van der Waals surface area contributed by atoms with E-state index in [9.17, 15) is 0 Å². The van der Waals surface area contributed by atoms with Gasteiger partial charge in [0.2, 0.25) is 0 Å². The fourth-order valence-electron chi connectivity index (χ4n) is 3.20. The van der Waals surface area contributed by atoms with E-state index < -0.39 is 0 Å². The number of nitrogens with one attached hydrogen (secondary N) is 1. The largest absolute Gasteiger partial charge is 0.311 e. The van der Waals surface area contributed by atoms with Crippen LogP contribution in [0.4, 0.5) is 0 Å². The minimum absolute atomic E-state index is 0.323. The van der Waals surface area contributed by atoms with Gasteiger partial charge in [-0.1, -0.05) is 41.5 Å². The first-order valence-corrected chi connectivity index (χ1v) is 9.11. The number of rotatable bonds is 3. The van der Waals surface area contributed by atoms with Gasteiger partial charge < -0.3 is 5.32 Å². The van der Waals surface area contributed by atoms with Crippen LogP contribution in [-0.4, -0.2) is 36.6 Å². The lowest BCUT2D eigenvalue weighted by Gasteiger charge is -2.49. The van der Waals surface area contributed by atoms with E-state index in [1.807, 2.05) is 0 Å². The van der Waals surface area contributed by atoms with Crippen LogP contribution < -0.4 is 5.32 Å². The molecule has 0 aliphatic carbocycles. The van der Waals surface area contributed by atoms with Crippen molar-refractivity contribution in [1.82, 2.24) is 10.2 Å². The Morgan fingerprint density at radius 2 is 1.90 bits per heavy atom. The summed E-state index contributed by atoms with van der Waals surface area (Å²) in [6.45, 7) is 17.6. The Bertz CT molecular complexity index is 425. The Balaban J connectivity index is 2.05. The van der Waals surface area contributed by atoms with Crippen molar-refractivity contribution in [2.24, 2.45) is 10.8 Å². The molecule has 0 amide bonds. The summed E-state index contributed by atoms with van der Waals surface area (Å²) < 4.78 is 0. The molecule has 1 saturated heterocycles. The topological polar surface area (TPSA) is 15.3 Å². The molecular formula is C18H32N2S. The van der Waals surface area contributed by atoms with Crippen molar-refractivity contribution >= 4 is 11.3 Å².